The first kappa shape index (κ1) is 14.5. The number of aryl methyl sites for hydroxylation is 4. The van der Waals surface area contributed by atoms with Gasteiger partial charge in [-0.2, -0.15) is 0 Å². The number of hydrogen-bond donors (Lipinski definition) is 2. The van der Waals surface area contributed by atoms with Gasteiger partial charge in [-0.25, -0.2) is 0 Å². The van der Waals surface area contributed by atoms with Crippen molar-refractivity contribution in [3.63, 3.8) is 0 Å². The number of benzene rings is 2. The van der Waals surface area contributed by atoms with Crippen LogP contribution in [-0.4, -0.2) is 5.11 Å². The molecule has 2 rings (SSSR count). The zero-order valence-electron chi connectivity index (χ0n) is 12.4. The van der Waals surface area contributed by atoms with E-state index in [1.54, 1.807) is 0 Å². The zero-order chi connectivity index (χ0) is 14.7. The lowest BCUT2D eigenvalue weighted by molar-refractivity contribution is 1.37. The smallest absolute Gasteiger partial charge is 0.175 e. The van der Waals surface area contributed by atoms with Gasteiger partial charge in [0.2, 0.25) is 0 Å². The van der Waals surface area contributed by atoms with Gasteiger partial charge in [-0.05, 0) is 68.2 Å². The van der Waals surface area contributed by atoms with Crippen LogP contribution < -0.4 is 10.6 Å². The van der Waals surface area contributed by atoms with Gasteiger partial charge in [0.1, 0.15) is 0 Å². The van der Waals surface area contributed by atoms with Crippen molar-refractivity contribution in [1.29, 1.82) is 0 Å². The summed E-state index contributed by atoms with van der Waals surface area (Å²) in [5.41, 5.74) is 6.91. The Balaban J connectivity index is 2.15. The third-order valence-corrected chi connectivity index (χ3v) is 3.57. The van der Waals surface area contributed by atoms with Crippen LogP contribution in [0.2, 0.25) is 0 Å². The van der Waals surface area contributed by atoms with Gasteiger partial charge in [0.05, 0.1) is 0 Å². The summed E-state index contributed by atoms with van der Waals surface area (Å²) in [7, 11) is 0. The molecule has 0 aliphatic carbocycles. The van der Waals surface area contributed by atoms with Crippen molar-refractivity contribution >= 4 is 28.7 Å². The van der Waals surface area contributed by atoms with E-state index < -0.39 is 0 Å². The molecule has 0 amide bonds. The zero-order valence-corrected chi connectivity index (χ0v) is 13.2. The fourth-order valence-electron chi connectivity index (χ4n) is 2.15. The second-order valence-electron chi connectivity index (χ2n) is 5.16. The summed E-state index contributed by atoms with van der Waals surface area (Å²) in [6.07, 6.45) is 0. The molecule has 2 aromatic rings. The maximum atomic E-state index is 5.42. The highest BCUT2D eigenvalue weighted by atomic mass is 32.1. The number of nitrogens with one attached hydrogen (secondary N) is 2. The van der Waals surface area contributed by atoms with Crippen LogP contribution in [0.15, 0.2) is 36.4 Å². The number of rotatable bonds is 2. The van der Waals surface area contributed by atoms with Crippen LogP contribution in [0.5, 0.6) is 0 Å². The fourth-order valence-corrected chi connectivity index (χ4v) is 2.36. The highest BCUT2D eigenvalue weighted by Crippen LogP contribution is 2.21. The minimum absolute atomic E-state index is 0.621. The molecule has 2 nitrogen and oxygen atoms in total. The van der Waals surface area contributed by atoms with Crippen molar-refractivity contribution in [1.82, 2.24) is 0 Å². The molecular formula is C17H20N2S. The van der Waals surface area contributed by atoms with Crippen molar-refractivity contribution in [2.24, 2.45) is 0 Å². The lowest BCUT2D eigenvalue weighted by Crippen LogP contribution is -2.20. The Kier molecular flexibility index (Phi) is 4.40. The first-order valence-electron chi connectivity index (χ1n) is 6.69. The lowest BCUT2D eigenvalue weighted by Gasteiger charge is -2.16. The minimum Gasteiger partial charge on any atom is -0.332 e. The summed E-state index contributed by atoms with van der Waals surface area (Å²) < 4.78 is 0. The van der Waals surface area contributed by atoms with Gasteiger partial charge in [-0.15, -0.1) is 0 Å². The predicted octanol–water partition coefficient (Wildman–Crippen LogP) is 4.73. The van der Waals surface area contributed by atoms with Crippen LogP contribution in [0, 0.1) is 27.7 Å². The van der Waals surface area contributed by atoms with E-state index >= 15 is 0 Å². The van der Waals surface area contributed by atoms with E-state index in [1.807, 2.05) is 0 Å². The number of anilines is 2. The summed E-state index contributed by atoms with van der Waals surface area (Å²) in [6, 6.07) is 12.5. The van der Waals surface area contributed by atoms with Crippen molar-refractivity contribution in [2.45, 2.75) is 27.7 Å². The highest BCUT2D eigenvalue weighted by Gasteiger charge is 2.06. The molecule has 3 heteroatoms. The van der Waals surface area contributed by atoms with E-state index in [4.69, 9.17) is 12.2 Å². The maximum absolute atomic E-state index is 5.42. The normalized spacial score (nSPS) is 10.2. The standard InChI is InChI=1S/C17H20N2S/c1-11-8-9-12(2)15(10-11)18-17(20)19-16-13(3)6-5-7-14(16)4/h5-10H,1-4H3,(H2,18,19,20). The Hall–Kier alpha value is -1.87. The third-order valence-electron chi connectivity index (χ3n) is 3.36. The first-order chi connectivity index (χ1) is 9.47. The quantitative estimate of drug-likeness (QED) is 0.780. The van der Waals surface area contributed by atoms with E-state index in [1.165, 1.54) is 22.3 Å². The second-order valence-corrected chi connectivity index (χ2v) is 5.57. The lowest BCUT2D eigenvalue weighted by atomic mass is 10.1. The molecule has 0 radical (unpaired) electrons. The Bertz CT molecular complexity index is 627. The van der Waals surface area contributed by atoms with Gasteiger partial charge < -0.3 is 10.6 Å². The maximum Gasteiger partial charge on any atom is 0.175 e. The molecule has 0 aromatic heterocycles. The Labute approximate surface area is 126 Å². The van der Waals surface area contributed by atoms with E-state index in [2.05, 4.69) is 74.7 Å². The summed E-state index contributed by atoms with van der Waals surface area (Å²) in [5, 5.41) is 7.19. The molecule has 0 saturated heterocycles. The van der Waals surface area contributed by atoms with Gasteiger partial charge >= 0.3 is 0 Å². The van der Waals surface area contributed by atoms with Crippen molar-refractivity contribution in [3.8, 4) is 0 Å². The largest absolute Gasteiger partial charge is 0.332 e. The molecule has 104 valence electrons. The second kappa shape index (κ2) is 6.06. The molecule has 0 aliphatic rings. The van der Waals surface area contributed by atoms with Crippen LogP contribution in [0.25, 0.3) is 0 Å². The van der Waals surface area contributed by atoms with Crippen molar-refractivity contribution in [3.05, 3.63) is 58.7 Å². The number of para-hydroxylation sites is 1. The topological polar surface area (TPSA) is 24.1 Å². The molecule has 0 bridgehead atoms. The number of thiocarbonyl (C=S) groups is 1. The van der Waals surface area contributed by atoms with E-state index in [9.17, 15) is 0 Å². The van der Waals surface area contributed by atoms with Crippen LogP contribution >= 0.6 is 12.2 Å². The fraction of sp³-hybridized carbons (Fsp3) is 0.235. The van der Waals surface area contributed by atoms with Crippen molar-refractivity contribution < 1.29 is 0 Å². The molecule has 0 unspecified atom stereocenters. The molecule has 0 aliphatic heterocycles. The highest BCUT2D eigenvalue weighted by molar-refractivity contribution is 7.80. The molecule has 2 N–H and O–H groups in total. The average molecular weight is 284 g/mol. The average Bonchev–Trinajstić information content (AvgIpc) is 2.38. The molecule has 2 aromatic carbocycles. The molecule has 0 heterocycles. The van der Waals surface area contributed by atoms with Gasteiger partial charge in [0.25, 0.3) is 0 Å². The van der Waals surface area contributed by atoms with Crippen LogP contribution in [0.3, 0.4) is 0 Å². The van der Waals surface area contributed by atoms with Crippen molar-refractivity contribution in [2.75, 3.05) is 10.6 Å². The monoisotopic (exact) mass is 284 g/mol. The SMILES string of the molecule is Cc1ccc(C)c(NC(=S)Nc2c(C)cccc2C)c1. The molecule has 0 spiro atoms. The Morgan fingerprint density at radius 1 is 0.850 bits per heavy atom. The third kappa shape index (κ3) is 3.36. The summed E-state index contributed by atoms with van der Waals surface area (Å²) >= 11 is 5.42. The van der Waals surface area contributed by atoms with Crippen LogP contribution in [-0.2, 0) is 0 Å². The van der Waals surface area contributed by atoms with Crippen LogP contribution in [0.4, 0.5) is 11.4 Å². The summed E-state index contributed by atoms with van der Waals surface area (Å²) in [4.78, 5) is 0. The van der Waals surface area contributed by atoms with Gasteiger partial charge in [0, 0.05) is 11.4 Å². The Morgan fingerprint density at radius 3 is 2.15 bits per heavy atom. The molecule has 0 fully saturated rings. The molecular weight excluding hydrogens is 264 g/mol. The Morgan fingerprint density at radius 2 is 1.50 bits per heavy atom. The van der Waals surface area contributed by atoms with E-state index in [0.717, 1.165) is 11.4 Å². The molecule has 0 atom stereocenters. The van der Waals surface area contributed by atoms with Crippen LogP contribution in [0.1, 0.15) is 22.3 Å². The van der Waals surface area contributed by atoms with Gasteiger partial charge in [-0.3, -0.25) is 0 Å². The summed E-state index contributed by atoms with van der Waals surface area (Å²) in [6.45, 7) is 8.31. The predicted molar refractivity (Wildman–Crippen MR) is 91.7 cm³/mol. The minimum atomic E-state index is 0.621. The summed E-state index contributed by atoms with van der Waals surface area (Å²) in [5.74, 6) is 0. The van der Waals surface area contributed by atoms with E-state index in [-0.39, 0.29) is 0 Å². The first-order valence-corrected chi connectivity index (χ1v) is 7.09. The number of hydrogen-bond acceptors (Lipinski definition) is 1. The van der Waals surface area contributed by atoms with Gasteiger partial charge in [-0.1, -0.05) is 30.3 Å². The molecule has 0 saturated carbocycles. The van der Waals surface area contributed by atoms with E-state index in [0.29, 0.717) is 5.11 Å². The molecule has 20 heavy (non-hydrogen) atoms. The van der Waals surface area contributed by atoms with Gasteiger partial charge in [0.15, 0.2) is 5.11 Å².